The number of carbonyl (C=O) groups is 2. The van der Waals surface area contributed by atoms with Gasteiger partial charge in [-0.2, -0.15) is 0 Å². The van der Waals surface area contributed by atoms with E-state index in [1.54, 1.807) is 15.9 Å². The fraction of sp³-hybridized carbons (Fsp3) is 0.481. The average molecular weight is 537 g/mol. The van der Waals surface area contributed by atoms with Crippen LogP contribution in [0.2, 0.25) is 0 Å². The van der Waals surface area contributed by atoms with E-state index in [9.17, 15) is 22.8 Å². The van der Waals surface area contributed by atoms with Crippen molar-refractivity contribution in [3.05, 3.63) is 58.7 Å². The molecule has 206 valence electrons. The van der Waals surface area contributed by atoms with Gasteiger partial charge in [-0.05, 0) is 68.7 Å². The van der Waals surface area contributed by atoms with Gasteiger partial charge in [0.15, 0.2) is 0 Å². The first-order valence-electron chi connectivity index (χ1n) is 12.3. The lowest BCUT2D eigenvalue weighted by Crippen LogP contribution is -2.52. The van der Waals surface area contributed by atoms with Gasteiger partial charge in [0.1, 0.15) is 23.7 Å². The van der Waals surface area contributed by atoms with Crippen molar-refractivity contribution in [2.24, 2.45) is 0 Å². The van der Waals surface area contributed by atoms with Crippen molar-refractivity contribution in [1.29, 1.82) is 0 Å². The molecule has 1 atom stereocenters. The van der Waals surface area contributed by atoms with Crippen molar-refractivity contribution in [1.82, 2.24) is 9.80 Å². The molecule has 38 heavy (non-hydrogen) atoms. The van der Waals surface area contributed by atoms with Gasteiger partial charge in [0, 0.05) is 25.2 Å². The number of alkyl halides is 3. The van der Waals surface area contributed by atoms with E-state index in [0.29, 0.717) is 43.2 Å². The van der Waals surface area contributed by atoms with Gasteiger partial charge >= 0.3 is 12.5 Å². The van der Waals surface area contributed by atoms with Crippen molar-refractivity contribution in [2.45, 2.75) is 58.8 Å². The second kappa shape index (κ2) is 10.7. The van der Waals surface area contributed by atoms with Crippen LogP contribution in [0.3, 0.4) is 0 Å². The van der Waals surface area contributed by atoms with E-state index in [2.05, 4.69) is 4.74 Å². The van der Waals surface area contributed by atoms with Gasteiger partial charge in [-0.15, -0.1) is 13.2 Å². The fourth-order valence-corrected chi connectivity index (χ4v) is 4.46. The molecular weight excluding hydrogens is 505 g/mol. The number of morpholine rings is 1. The molecule has 0 bridgehead atoms. The quantitative estimate of drug-likeness (QED) is 0.514. The van der Waals surface area contributed by atoms with Crippen LogP contribution in [-0.4, -0.2) is 66.2 Å². The van der Waals surface area contributed by atoms with Gasteiger partial charge in [-0.25, -0.2) is 4.79 Å². The number of ether oxygens (including phenoxy) is 4. The minimum absolute atomic E-state index is 0.156. The molecule has 0 spiro atoms. The number of benzene rings is 2. The van der Waals surface area contributed by atoms with Crippen molar-refractivity contribution < 1.29 is 41.7 Å². The summed E-state index contributed by atoms with van der Waals surface area (Å²) in [5.74, 6) is 0.0965. The smallest absolute Gasteiger partial charge is 0.491 e. The number of amides is 2. The lowest BCUT2D eigenvalue weighted by Gasteiger charge is -2.36. The van der Waals surface area contributed by atoms with Crippen LogP contribution in [-0.2, 0) is 22.6 Å². The monoisotopic (exact) mass is 536 g/mol. The van der Waals surface area contributed by atoms with E-state index < -0.39 is 18.1 Å². The minimum atomic E-state index is -4.76. The van der Waals surface area contributed by atoms with E-state index in [1.807, 2.05) is 33.8 Å². The number of hydrogen-bond donors (Lipinski definition) is 0. The van der Waals surface area contributed by atoms with Gasteiger partial charge in [-0.1, -0.05) is 12.1 Å². The summed E-state index contributed by atoms with van der Waals surface area (Å²) in [6, 6.07) is 8.72. The second-order valence-electron chi connectivity index (χ2n) is 10.3. The molecule has 8 nitrogen and oxygen atoms in total. The Morgan fingerprint density at radius 1 is 1.11 bits per heavy atom. The molecule has 11 heteroatoms. The lowest BCUT2D eigenvalue weighted by atomic mass is 10.0. The molecule has 0 N–H and O–H groups in total. The number of nitrogens with zero attached hydrogens (tertiary/aromatic N) is 2. The normalized spacial score (nSPS) is 17.9. The van der Waals surface area contributed by atoms with Gasteiger partial charge < -0.3 is 23.8 Å². The summed E-state index contributed by atoms with van der Waals surface area (Å²) in [7, 11) is 0. The van der Waals surface area contributed by atoms with Crippen LogP contribution in [0.4, 0.5) is 18.0 Å². The zero-order chi connectivity index (χ0) is 27.7. The van der Waals surface area contributed by atoms with Crippen LogP contribution >= 0.6 is 0 Å². The Morgan fingerprint density at radius 2 is 1.82 bits per heavy atom. The Kier molecular flexibility index (Phi) is 7.78. The molecule has 0 aromatic heterocycles. The van der Waals surface area contributed by atoms with Crippen LogP contribution in [0.1, 0.15) is 47.8 Å². The summed E-state index contributed by atoms with van der Waals surface area (Å²) < 4.78 is 58.2. The zero-order valence-electron chi connectivity index (χ0n) is 21.8. The average Bonchev–Trinajstić information content (AvgIpc) is 3.12. The first-order chi connectivity index (χ1) is 17.8. The minimum Gasteiger partial charge on any atom is -0.491 e. The zero-order valence-corrected chi connectivity index (χ0v) is 21.8. The van der Waals surface area contributed by atoms with E-state index in [1.165, 1.54) is 24.3 Å². The third-order valence-corrected chi connectivity index (χ3v) is 6.08. The Morgan fingerprint density at radius 3 is 2.47 bits per heavy atom. The summed E-state index contributed by atoms with van der Waals surface area (Å²) in [5, 5.41) is 0. The topological polar surface area (TPSA) is 77.5 Å². The molecule has 2 amide bonds. The molecule has 2 aliphatic heterocycles. The van der Waals surface area contributed by atoms with Crippen LogP contribution in [0, 0.1) is 6.92 Å². The van der Waals surface area contributed by atoms with Crippen molar-refractivity contribution in [2.75, 3.05) is 26.4 Å². The molecule has 2 heterocycles. The predicted molar refractivity (Wildman–Crippen MR) is 131 cm³/mol. The molecule has 2 aromatic rings. The number of carbonyl (C=O) groups excluding carboxylic acids is 2. The summed E-state index contributed by atoms with van der Waals surface area (Å²) >= 11 is 0. The number of halogens is 3. The maximum absolute atomic E-state index is 13.1. The third kappa shape index (κ3) is 6.89. The molecule has 0 radical (unpaired) electrons. The summed E-state index contributed by atoms with van der Waals surface area (Å²) in [6.45, 7) is 9.17. The van der Waals surface area contributed by atoms with E-state index >= 15 is 0 Å². The van der Waals surface area contributed by atoms with E-state index in [4.69, 9.17) is 14.2 Å². The molecule has 4 rings (SSSR count). The highest BCUT2D eigenvalue weighted by Crippen LogP contribution is 2.32. The summed E-state index contributed by atoms with van der Waals surface area (Å²) in [6.07, 6.45) is -5.18. The fourth-order valence-electron chi connectivity index (χ4n) is 4.46. The summed E-state index contributed by atoms with van der Waals surface area (Å²) in [4.78, 5) is 28.9. The number of rotatable bonds is 6. The molecule has 1 fully saturated rings. The predicted octanol–water partition coefficient (Wildman–Crippen LogP) is 5.06. The first-order valence-corrected chi connectivity index (χ1v) is 12.3. The molecule has 2 aliphatic rings. The molecule has 1 unspecified atom stereocenters. The van der Waals surface area contributed by atoms with Gasteiger partial charge in [0.25, 0.3) is 5.91 Å². The first kappa shape index (κ1) is 27.6. The Balaban J connectivity index is 1.40. The summed E-state index contributed by atoms with van der Waals surface area (Å²) in [5.41, 5.74) is 2.20. The molecule has 0 aliphatic carbocycles. The Hall–Kier alpha value is -3.47. The highest BCUT2D eigenvalue weighted by atomic mass is 19.4. The van der Waals surface area contributed by atoms with Crippen LogP contribution in [0.25, 0.3) is 0 Å². The Labute approximate surface area is 219 Å². The highest BCUT2D eigenvalue weighted by Gasteiger charge is 2.33. The van der Waals surface area contributed by atoms with Gasteiger partial charge in [0.2, 0.25) is 0 Å². The third-order valence-electron chi connectivity index (χ3n) is 6.08. The lowest BCUT2D eigenvalue weighted by molar-refractivity contribution is -0.274. The second-order valence-corrected chi connectivity index (χ2v) is 10.3. The van der Waals surface area contributed by atoms with Crippen molar-refractivity contribution in [3.63, 3.8) is 0 Å². The van der Waals surface area contributed by atoms with E-state index in [0.717, 1.165) is 11.1 Å². The Bertz CT molecular complexity index is 1180. The molecule has 2 aromatic carbocycles. The van der Waals surface area contributed by atoms with E-state index in [-0.39, 0.29) is 30.9 Å². The number of hydrogen-bond acceptors (Lipinski definition) is 6. The molecule has 1 saturated heterocycles. The van der Waals surface area contributed by atoms with Crippen LogP contribution in [0.5, 0.6) is 11.5 Å². The molecule has 0 saturated carbocycles. The highest BCUT2D eigenvalue weighted by molar-refractivity contribution is 6.00. The van der Waals surface area contributed by atoms with Crippen LogP contribution in [0.15, 0.2) is 36.4 Å². The largest absolute Gasteiger partial charge is 0.573 e. The van der Waals surface area contributed by atoms with Crippen molar-refractivity contribution in [3.8, 4) is 11.5 Å². The molecular formula is C27H31F3N2O6. The maximum atomic E-state index is 13.1. The van der Waals surface area contributed by atoms with Crippen molar-refractivity contribution >= 4 is 12.0 Å². The maximum Gasteiger partial charge on any atom is 0.573 e. The SMILES string of the molecule is Cc1cc(OCC2COCCN2C(=O)OC(C)(C)C)cc2c1C(=O)N(Cc1ccc(OC(F)(F)F)cc1)C2. The number of fused-ring (bicyclic) bond motifs is 1. The van der Waals surface area contributed by atoms with Crippen LogP contribution < -0.4 is 9.47 Å². The number of aryl methyl sites for hydroxylation is 1. The van der Waals surface area contributed by atoms with Gasteiger partial charge in [0.05, 0.1) is 19.3 Å². The van der Waals surface area contributed by atoms with Gasteiger partial charge in [-0.3, -0.25) is 9.69 Å². The standard InChI is InChI=1S/C27H31F3N2O6/c1-17-11-22(36-16-20-15-35-10-9-32(20)25(34)38-26(2,3)4)12-19-14-31(24(33)23(17)19)13-18-5-7-21(8-6-18)37-27(28,29)30/h5-8,11-12,20H,9-10,13-16H2,1-4H3.